The van der Waals surface area contributed by atoms with Crippen LogP contribution in [0.3, 0.4) is 0 Å². The zero-order chi connectivity index (χ0) is 14.0. The number of fused-ring (bicyclic) bond motifs is 1. The number of rotatable bonds is 4. The van der Waals surface area contributed by atoms with Crippen LogP contribution < -0.4 is 19.1 Å². The van der Waals surface area contributed by atoms with Crippen LogP contribution in [-0.2, 0) is 0 Å². The Hall–Kier alpha value is -2.17. The van der Waals surface area contributed by atoms with E-state index in [4.69, 9.17) is 14.2 Å². The SMILES string of the molecule is COc1c(N(C)C)c(OC)c2ncccc2c1OC. The Labute approximate surface area is 112 Å². The average molecular weight is 262 g/mol. The van der Waals surface area contributed by atoms with Crippen molar-refractivity contribution in [1.29, 1.82) is 0 Å². The number of pyridine rings is 1. The fourth-order valence-corrected chi connectivity index (χ4v) is 2.21. The van der Waals surface area contributed by atoms with E-state index in [9.17, 15) is 0 Å². The van der Waals surface area contributed by atoms with Crippen LogP contribution in [-0.4, -0.2) is 40.4 Å². The van der Waals surface area contributed by atoms with E-state index in [0.717, 1.165) is 16.6 Å². The molecular weight excluding hydrogens is 244 g/mol. The molecule has 0 atom stereocenters. The van der Waals surface area contributed by atoms with Gasteiger partial charge in [0.05, 0.1) is 26.7 Å². The van der Waals surface area contributed by atoms with Crippen molar-refractivity contribution in [1.82, 2.24) is 4.98 Å². The number of anilines is 1. The number of aromatic nitrogens is 1. The Bertz CT molecular complexity index is 597. The molecule has 5 nitrogen and oxygen atoms in total. The van der Waals surface area contributed by atoms with Crippen LogP contribution in [0.5, 0.6) is 17.2 Å². The molecule has 1 aromatic heterocycles. The molecule has 0 aliphatic carbocycles. The zero-order valence-corrected chi connectivity index (χ0v) is 11.9. The lowest BCUT2D eigenvalue weighted by molar-refractivity contribution is 0.354. The monoisotopic (exact) mass is 262 g/mol. The molecule has 2 rings (SSSR count). The highest BCUT2D eigenvalue weighted by atomic mass is 16.5. The van der Waals surface area contributed by atoms with Gasteiger partial charge in [-0.2, -0.15) is 0 Å². The maximum absolute atomic E-state index is 5.52. The third-order valence-corrected chi connectivity index (χ3v) is 2.96. The number of methoxy groups -OCH3 is 3. The van der Waals surface area contributed by atoms with Gasteiger partial charge in [-0.15, -0.1) is 0 Å². The van der Waals surface area contributed by atoms with E-state index < -0.39 is 0 Å². The van der Waals surface area contributed by atoms with Crippen molar-refractivity contribution in [3.63, 3.8) is 0 Å². The van der Waals surface area contributed by atoms with Crippen LogP contribution in [0.1, 0.15) is 0 Å². The molecule has 0 saturated carbocycles. The largest absolute Gasteiger partial charge is 0.492 e. The summed E-state index contributed by atoms with van der Waals surface area (Å²) in [5, 5.41) is 0.865. The third kappa shape index (κ3) is 2.01. The second-order valence-electron chi connectivity index (χ2n) is 4.24. The molecule has 0 amide bonds. The third-order valence-electron chi connectivity index (χ3n) is 2.96. The van der Waals surface area contributed by atoms with E-state index >= 15 is 0 Å². The molecule has 0 bridgehead atoms. The van der Waals surface area contributed by atoms with E-state index in [0.29, 0.717) is 17.2 Å². The molecule has 102 valence electrons. The first-order chi connectivity index (χ1) is 9.15. The normalized spacial score (nSPS) is 10.4. The van der Waals surface area contributed by atoms with Crippen molar-refractivity contribution >= 4 is 16.6 Å². The Kier molecular flexibility index (Phi) is 3.64. The van der Waals surface area contributed by atoms with E-state index in [1.807, 2.05) is 31.1 Å². The lowest BCUT2D eigenvalue weighted by Gasteiger charge is -2.23. The number of benzene rings is 1. The summed E-state index contributed by atoms with van der Waals surface area (Å²) in [6.45, 7) is 0. The number of nitrogens with zero attached hydrogens (tertiary/aromatic N) is 2. The Balaban J connectivity index is 2.97. The van der Waals surface area contributed by atoms with Gasteiger partial charge in [-0.05, 0) is 12.1 Å². The predicted molar refractivity (Wildman–Crippen MR) is 75.7 cm³/mol. The summed E-state index contributed by atoms with van der Waals surface area (Å²) in [4.78, 5) is 6.32. The van der Waals surface area contributed by atoms with Gasteiger partial charge in [0.25, 0.3) is 0 Å². The molecule has 5 heteroatoms. The maximum atomic E-state index is 5.52. The van der Waals surface area contributed by atoms with Gasteiger partial charge in [-0.1, -0.05) is 0 Å². The van der Waals surface area contributed by atoms with Crippen LogP contribution in [0.25, 0.3) is 10.9 Å². The highest BCUT2D eigenvalue weighted by Crippen LogP contribution is 2.49. The van der Waals surface area contributed by atoms with E-state index in [2.05, 4.69) is 4.98 Å². The molecule has 0 aliphatic heterocycles. The topological polar surface area (TPSA) is 43.8 Å². The fourth-order valence-electron chi connectivity index (χ4n) is 2.21. The molecule has 0 aliphatic rings. The summed E-state index contributed by atoms with van der Waals surface area (Å²) < 4.78 is 16.5. The van der Waals surface area contributed by atoms with Crippen LogP contribution in [0.15, 0.2) is 18.3 Å². The Morgan fingerprint density at radius 3 is 2.11 bits per heavy atom. The molecule has 0 N–H and O–H groups in total. The van der Waals surface area contributed by atoms with E-state index in [-0.39, 0.29) is 0 Å². The van der Waals surface area contributed by atoms with Gasteiger partial charge in [0, 0.05) is 20.3 Å². The van der Waals surface area contributed by atoms with Crippen LogP contribution >= 0.6 is 0 Å². The minimum Gasteiger partial charge on any atom is -0.492 e. The Morgan fingerprint density at radius 1 is 0.947 bits per heavy atom. The van der Waals surface area contributed by atoms with E-state index in [1.165, 1.54) is 0 Å². The summed E-state index contributed by atoms with van der Waals surface area (Å²) in [5.74, 6) is 1.98. The molecule has 0 spiro atoms. The van der Waals surface area contributed by atoms with Crippen LogP contribution in [0.4, 0.5) is 5.69 Å². The zero-order valence-electron chi connectivity index (χ0n) is 11.9. The van der Waals surface area contributed by atoms with Crippen molar-refractivity contribution < 1.29 is 14.2 Å². The van der Waals surface area contributed by atoms with Crippen molar-refractivity contribution in [2.45, 2.75) is 0 Å². The number of hydrogen-bond acceptors (Lipinski definition) is 5. The highest BCUT2D eigenvalue weighted by Gasteiger charge is 2.23. The molecule has 0 radical (unpaired) electrons. The smallest absolute Gasteiger partial charge is 0.188 e. The second-order valence-corrected chi connectivity index (χ2v) is 4.24. The number of ether oxygens (including phenoxy) is 3. The summed E-state index contributed by atoms with van der Waals surface area (Å²) in [6, 6.07) is 3.80. The standard InChI is InChI=1S/C14H18N2O3/c1-16(2)11-13(18-4)10-9(7-6-8-15-10)12(17-3)14(11)19-5/h6-8H,1-5H3. The van der Waals surface area contributed by atoms with Gasteiger partial charge in [0.2, 0.25) is 0 Å². The average Bonchev–Trinajstić information content (AvgIpc) is 2.44. The van der Waals surface area contributed by atoms with E-state index in [1.54, 1.807) is 27.5 Å². The lowest BCUT2D eigenvalue weighted by atomic mass is 10.1. The highest BCUT2D eigenvalue weighted by molar-refractivity contribution is 5.99. The molecule has 1 aromatic carbocycles. The number of hydrogen-bond donors (Lipinski definition) is 0. The second kappa shape index (κ2) is 5.22. The first-order valence-corrected chi connectivity index (χ1v) is 5.89. The summed E-state index contributed by atoms with van der Waals surface area (Å²) >= 11 is 0. The quantitative estimate of drug-likeness (QED) is 0.846. The predicted octanol–water partition coefficient (Wildman–Crippen LogP) is 2.33. The minimum absolute atomic E-state index is 0.643. The lowest BCUT2D eigenvalue weighted by Crippen LogP contribution is -2.13. The molecule has 1 heterocycles. The van der Waals surface area contributed by atoms with Gasteiger partial charge in [-0.25, -0.2) is 0 Å². The maximum Gasteiger partial charge on any atom is 0.188 e. The van der Waals surface area contributed by atoms with Gasteiger partial charge < -0.3 is 19.1 Å². The van der Waals surface area contributed by atoms with Gasteiger partial charge in [0.1, 0.15) is 11.2 Å². The van der Waals surface area contributed by atoms with Gasteiger partial charge in [-0.3, -0.25) is 4.98 Å². The molecular formula is C14H18N2O3. The molecule has 2 aromatic rings. The fraction of sp³-hybridized carbons (Fsp3) is 0.357. The first kappa shape index (κ1) is 13.3. The van der Waals surface area contributed by atoms with Crippen molar-refractivity contribution in [2.75, 3.05) is 40.3 Å². The van der Waals surface area contributed by atoms with Crippen LogP contribution in [0, 0.1) is 0 Å². The molecule has 19 heavy (non-hydrogen) atoms. The van der Waals surface area contributed by atoms with Crippen LogP contribution in [0.2, 0.25) is 0 Å². The van der Waals surface area contributed by atoms with Crippen molar-refractivity contribution in [2.24, 2.45) is 0 Å². The van der Waals surface area contributed by atoms with Gasteiger partial charge >= 0.3 is 0 Å². The molecule has 0 fully saturated rings. The van der Waals surface area contributed by atoms with Crippen molar-refractivity contribution in [3.05, 3.63) is 18.3 Å². The summed E-state index contributed by atoms with van der Waals surface area (Å²) in [5.41, 5.74) is 1.57. The minimum atomic E-state index is 0.643. The van der Waals surface area contributed by atoms with Crippen molar-refractivity contribution in [3.8, 4) is 17.2 Å². The van der Waals surface area contributed by atoms with Gasteiger partial charge in [0.15, 0.2) is 17.2 Å². The summed E-state index contributed by atoms with van der Waals surface area (Å²) in [6.07, 6.45) is 1.73. The summed E-state index contributed by atoms with van der Waals surface area (Å²) in [7, 11) is 8.72. The molecule has 0 saturated heterocycles. The first-order valence-electron chi connectivity index (χ1n) is 5.89. The molecule has 0 unspecified atom stereocenters. The Morgan fingerprint density at radius 2 is 1.58 bits per heavy atom.